The van der Waals surface area contributed by atoms with Gasteiger partial charge >= 0.3 is 0 Å². The van der Waals surface area contributed by atoms with Crippen molar-refractivity contribution in [2.75, 3.05) is 7.05 Å². The Kier molecular flexibility index (Phi) is 3.00. The van der Waals surface area contributed by atoms with Gasteiger partial charge in [0.2, 0.25) is 11.7 Å². The van der Waals surface area contributed by atoms with Crippen LogP contribution < -0.4 is 5.32 Å². The average molecular weight is 221 g/mol. The standard InChI is InChI=1S/C10H15N5O/c1-4-8(11-2)10-13-9(14-16-10)7-5-12-15(3)6-7/h5-6,8,11H,4H2,1-3H3. The third-order valence-corrected chi connectivity index (χ3v) is 2.46. The molecule has 0 radical (unpaired) electrons. The summed E-state index contributed by atoms with van der Waals surface area (Å²) in [6, 6.07) is 0.109. The second kappa shape index (κ2) is 4.44. The van der Waals surface area contributed by atoms with Crippen molar-refractivity contribution in [1.82, 2.24) is 25.2 Å². The second-order valence-electron chi connectivity index (χ2n) is 3.61. The summed E-state index contributed by atoms with van der Waals surface area (Å²) >= 11 is 0. The highest BCUT2D eigenvalue weighted by Crippen LogP contribution is 2.19. The van der Waals surface area contributed by atoms with Crippen molar-refractivity contribution in [2.24, 2.45) is 7.05 Å². The van der Waals surface area contributed by atoms with E-state index in [1.807, 2.05) is 20.3 Å². The van der Waals surface area contributed by atoms with Crippen LogP contribution in [0.2, 0.25) is 0 Å². The molecule has 0 aromatic carbocycles. The van der Waals surface area contributed by atoms with Crippen molar-refractivity contribution in [3.63, 3.8) is 0 Å². The summed E-state index contributed by atoms with van der Waals surface area (Å²) < 4.78 is 6.92. The van der Waals surface area contributed by atoms with Crippen LogP contribution in [-0.2, 0) is 7.05 Å². The van der Waals surface area contributed by atoms with Crippen molar-refractivity contribution < 1.29 is 4.52 Å². The molecule has 0 fully saturated rings. The molecule has 0 saturated heterocycles. The molecular formula is C10H15N5O. The summed E-state index contributed by atoms with van der Waals surface area (Å²) in [5.41, 5.74) is 0.864. The molecular weight excluding hydrogens is 206 g/mol. The molecule has 0 amide bonds. The van der Waals surface area contributed by atoms with Crippen LogP contribution in [0.5, 0.6) is 0 Å². The molecule has 1 atom stereocenters. The predicted molar refractivity (Wildman–Crippen MR) is 58.6 cm³/mol. The lowest BCUT2D eigenvalue weighted by Crippen LogP contribution is -2.15. The Morgan fingerprint density at radius 2 is 2.38 bits per heavy atom. The molecule has 16 heavy (non-hydrogen) atoms. The van der Waals surface area contributed by atoms with Gasteiger partial charge in [-0.15, -0.1) is 0 Å². The van der Waals surface area contributed by atoms with Crippen molar-refractivity contribution in [2.45, 2.75) is 19.4 Å². The summed E-state index contributed by atoms with van der Waals surface area (Å²) in [4.78, 5) is 4.34. The highest BCUT2D eigenvalue weighted by Gasteiger charge is 2.16. The average Bonchev–Trinajstić information content (AvgIpc) is 2.89. The van der Waals surface area contributed by atoms with Gasteiger partial charge in [-0.05, 0) is 13.5 Å². The molecule has 2 rings (SSSR count). The normalized spacial score (nSPS) is 12.9. The minimum atomic E-state index is 0.109. The lowest BCUT2D eigenvalue weighted by Gasteiger charge is -2.06. The van der Waals surface area contributed by atoms with Crippen LogP contribution in [-0.4, -0.2) is 27.0 Å². The Bertz CT molecular complexity index is 457. The summed E-state index contributed by atoms with van der Waals surface area (Å²) in [6.07, 6.45) is 4.48. The summed E-state index contributed by atoms with van der Waals surface area (Å²) in [6.45, 7) is 2.06. The molecule has 2 aromatic heterocycles. The Balaban J connectivity index is 2.25. The zero-order chi connectivity index (χ0) is 11.5. The van der Waals surface area contributed by atoms with Crippen molar-refractivity contribution in [1.29, 1.82) is 0 Å². The maximum absolute atomic E-state index is 5.21. The maximum atomic E-state index is 5.21. The van der Waals surface area contributed by atoms with Gasteiger partial charge in [-0.3, -0.25) is 4.68 Å². The van der Waals surface area contributed by atoms with Gasteiger partial charge in [0, 0.05) is 13.2 Å². The first kappa shape index (κ1) is 10.8. The van der Waals surface area contributed by atoms with E-state index >= 15 is 0 Å². The Morgan fingerprint density at radius 1 is 1.56 bits per heavy atom. The lowest BCUT2D eigenvalue weighted by molar-refractivity contribution is 0.334. The number of aryl methyl sites for hydroxylation is 1. The van der Waals surface area contributed by atoms with Gasteiger partial charge in [0.15, 0.2) is 0 Å². The fourth-order valence-corrected chi connectivity index (χ4v) is 1.53. The van der Waals surface area contributed by atoms with E-state index in [4.69, 9.17) is 4.52 Å². The zero-order valence-electron chi connectivity index (χ0n) is 9.64. The van der Waals surface area contributed by atoms with Crippen LogP contribution >= 0.6 is 0 Å². The van der Waals surface area contributed by atoms with Crippen LogP contribution in [0.4, 0.5) is 0 Å². The van der Waals surface area contributed by atoms with Crippen molar-refractivity contribution in [3.8, 4) is 11.4 Å². The molecule has 2 aromatic rings. The van der Waals surface area contributed by atoms with Crippen LogP contribution in [0.3, 0.4) is 0 Å². The maximum Gasteiger partial charge on any atom is 0.244 e. The quantitative estimate of drug-likeness (QED) is 0.838. The monoisotopic (exact) mass is 221 g/mol. The highest BCUT2D eigenvalue weighted by atomic mass is 16.5. The molecule has 0 aliphatic rings. The largest absolute Gasteiger partial charge is 0.337 e. The first-order chi connectivity index (χ1) is 7.74. The zero-order valence-corrected chi connectivity index (χ0v) is 9.64. The third-order valence-electron chi connectivity index (χ3n) is 2.46. The molecule has 1 N–H and O–H groups in total. The van der Waals surface area contributed by atoms with Crippen LogP contribution in [0.15, 0.2) is 16.9 Å². The number of aromatic nitrogens is 4. The lowest BCUT2D eigenvalue weighted by atomic mass is 10.2. The van der Waals surface area contributed by atoms with Gasteiger partial charge in [0.1, 0.15) is 0 Å². The van der Waals surface area contributed by atoms with Gasteiger partial charge < -0.3 is 9.84 Å². The second-order valence-corrected chi connectivity index (χ2v) is 3.61. The number of rotatable bonds is 4. The Hall–Kier alpha value is -1.69. The summed E-state index contributed by atoms with van der Waals surface area (Å²) in [5.74, 6) is 1.20. The molecule has 86 valence electrons. The molecule has 6 nitrogen and oxygen atoms in total. The van der Waals surface area contributed by atoms with Crippen LogP contribution in [0, 0.1) is 0 Å². The molecule has 0 bridgehead atoms. The fraction of sp³-hybridized carbons (Fsp3) is 0.500. The van der Waals surface area contributed by atoms with Gasteiger partial charge in [0.05, 0.1) is 17.8 Å². The third kappa shape index (κ3) is 1.96. The smallest absolute Gasteiger partial charge is 0.244 e. The number of nitrogens with zero attached hydrogens (tertiary/aromatic N) is 4. The van der Waals surface area contributed by atoms with E-state index < -0.39 is 0 Å². The van der Waals surface area contributed by atoms with Crippen LogP contribution in [0.25, 0.3) is 11.4 Å². The minimum Gasteiger partial charge on any atom is -0.337 e. The molecule has 0 saturated carbocycles. The van der Waals surface area contributed by atoms with E-state index in [1.165, 1.54) is 0 Å². The van der Waals surface area contributed by atoms with E-state index in [0.717, 1.165) is 12.0 Å². The minimum absolute atomic E-state index is 0.109. The van der Waals surface area contributed by atoms with E-state index in [1.54, 1.807) is 10.9 Å². The van der Waals surface area contributed by atoms with E-state index in [9.17, 15) is 0 Å². The topological polar surface area (TPSA) is 68.8 Å². The van der Waals surface area contributed by atoms with Gasteiger partial charge in [-0.2, -0.15) is 10.1 Å². The van der Waals surface area contributed by atoms with Crippen molar-refractivity contribution >= 4 is 0 Å². The molecule has 0 spiro atoms. The summed E-state index contributed by atoms with van der Waals surface area (Å²) in [7, 11) is 3.73. The molecule has 6 heteroatoms. The molecule has 0 aliphatic carbocycles. The molecule has 1 unspecified atom stereocenters. The molecule has 0 aliphatic heterocycles. The van der Waals surface area contributed by atoms with E-state index in [0.29, 0.717) is 11.7 Å². The van der Waals surface area contributed by atoms with E-state index in [-0.39, 0.29) is 6.04 Å². The summed E-state index contributed by atoms with van der Waals surface area (Å²) in [5, 5.41) is 11.1. The van der Waals surface area contributed by atoms with Gasteiger partial charge in [-0.25, -0.2) is 0 Å². The predicted octanol–water partition coefficient (Wildman–Crippen LogP) is 1.14. The van der Waals surface area contributed by atoms with Crippen LogP contribution in [0.1, 0.15) is 25.3 Å². The van der Waals surface area contributed by atoms with Gasteiger partial charge in [-0.1, -0.05) is 12.1 Å². The first-order valence-electron chi connectivity index (χ1n) is 5.24. The number of hydrogen-bond acceptors (Lipinski definition) is 5. The fourth-order valence-electron chi connectivity index (χ4n) is 1.53. The Morgan fingerprint density at radius 3 is 2.94 bits per heavy atom. The Labute approximate surface area is 93.7 Å². The van der Waals surface area contributed by atoms with E-state index in [2.05, 4.69) is 27.5 Å². The SMILES string of the molecule is CCC(NC)c1nc(-c2cnn(C)c2)no1. The molecule has 2 heterocycles. The van der Waals surface area contributed by atoms with Crippen molar-refractivity contribution in [3.05, 3.63) is 18.3 Å². The highest BCUT2D eigenvalue weighted by molar-refractivity contribution is 5.51. The van der Waals surface area contributed by atoms with Gasteiger partial charge in [0.25, 0.3) is 0 Å². The number of hydrogen-bond donors (Lipinski definition) is 1. The number of nitrogens with one attached hydrogen (secondary N) is 1. The first-order valence-corrected chi connectivity index (χ1v) is 5.24.